The minimum Gasteiger partial charge on any atom is -0.295 e. The lowest BCUT2D eigenvalue weighted by molar-refractivity contribution is 1.18. The molecule has 0 N–H and O–H groups in total. The van der Waals surface area contributed by atoms with Gasteiger partial charge in [0.2, 0.25) is 0 Å². The van der Waals surface area contributed by atoms with Crippen molar-refractivity contribution in [3.05, 3.63) is 206 Å². The lowest BCUT2D eigenvalue weighted by atomic mass is 9.81. The minimum atomic E-state index is 0.870. The van der Waals surface area contributed by atoms with E-state index in [-0.39, 0.29) is 0 Å². The second-order valence-electron chi connectivity index (χ2n) is 13.5. The van der Waals surface area contributed by atoms with Crippen molar-refractivity contribution in [3.63, 3.8) is 0 Å². The summed E-state index contributed by atoms with van der Waals surface area (Å²) in [6.45, 7) is 0. The van der Waals surface area contributed by atoms with Crippen molar-refractivity contribution < 1.29 is 0 Å². The maximum Gasteiger partial charge on any atom is 0.137 e. The number of hydrogen-bond donors (Lipinski definition) is 0. The van der Waals surface area contributed by atoms with E-state index in [9.17, 15) is 0 Å². The summed E-state index contributed by atoms with van der Waals surface area (Å²) in [7, 11) is 0. The van der Waals surface area contributed by atoms with Crippen LogP contribution in [0.15, 0.2) is 206 Å². The second kappa shape index (κ2) is 12.9. The summed E-state index contributed by atoms with van der Waals surface area (Å²) in [5.41, 5.74) is 9.40. The molecular weight excluding hydrogens is 641 g/mol. The Labute approximate surface area is 308 Å². The molecule has 0 amide bonds. The van der Waals surface area contributed by atoms with E-state index in [4.69, 9.17) is 4.98 Å². The normalized spacial score (nSPS) is 11.4. The molecule has 10 aromatic rings. The molecule has 1 heterocycles. The number of pyridine rings is 1. The van der Waals surface area contributed by atoms with Gasteiger partial charge in [-0.15, -0.1) is 0 Å². The molecule has 0 fully saturated rings. The van der Waals surface area contributed by atoms with E-state index in [1.165, 1.54) is 76.5 Å². The summed E-state index contributed by atoms with van der Waals surface area (Å²) in [4.78, 5) is 7.15. The Morgan fingerprint density at radius 3 is 1.62 bits per heavy atom. The summed E-state index contributed by atoms with van der Waals surface area (Å²) in [6.07, 6.45) is 1.87. The van der Waals surface area contributed by atoms with Crippen LogP contribution in [0.3, 0.4) is 0 Å². The summed E-state index contributed by atoms with van der Waals surface area (Å²) >= 11 is 0. The van der Waals surface area contributed by atoms with Gasteiger partial charge in [0.1, 0.15) is 5.82 Å². The van der Waals surface area contributed by atoms with Gasteiger partial charge in [0.25, 0.3) is 0 Å². The van der Waals surface area contributed by atoms with Crippen molar-refractivity contribution in [1.29, 1.82) is 0 Å². The van der Waals surface area contributed by atoms with Crippen molar-refractivity contribution in [1.82, 2.24) is 4.98 Å². The smallest absolute Gasteiger partial charge is 0.137 e. The van der Waals surface area contributed by atoms with Crippen LogP contribution < -0.4 is 4.90 Å². The average Bonchev–Trinajstić information content (AvgIpc) is 3.24. The van der Waals surface area contributed by atoms with Crippen molar-refractivity contribution in [3.8, 4) is 33.4 Å². The number of rotatable bonds is 6. The number of anilines is 3. The number of hydrogen-bond acceptors (Lipinski definition) is 2. The van der Waals surface area contributed by atoms with E-state index >= 15 is 0 Å². The summed E-state index contributed by atoms with van der Waals surface area (Å²) in [5, 5.41) is 9.80. The number of aromatic nitrogens is 1. The fraction of sp³-hybridized carbons (Fsp3) is 0. The summed E-state index contributed by atoms with van der Waals surface area (Å²) < 4.78 is 0. The highest BCUT2D eigenvalue weighted by molar-refractivity contribution is 6.33. The molecule has 10 rings (SSSR count). The molecule has 0 atom stereocenters. The Morgan fingerprint density at radius 2 is 0.906 bits per heavy atom. The third-order valence-electron chi connectivity index (χ3n) is 10.4. The molecule has 0 radical (unpaired) electrons. The molecule has 2 heteroatoms. The van der Waals surface area contributed by atoms with E-state index < -0.39 is 0 Å². The molecule has 0 spiro atoms. The van der Waals surface area contributed by atoms with Crippen molar-refractivity contribution >= 4 is 60.3 Å². The fourth-order valence-corrected chi connectivity index (χ4v) is 8.09. The first kappa shape index (κ1) is 30.8. The van der Waals surface area contributed by atoms with Gasteiger partial charge >= 0.3 is 0 Å². The van der Waals surface area contributed by atoms with Gasteiger partial charge in [-0.05, 0) is 119 Å². The van der Waals surface area contributed by atoms with Crippen LogP contribution in [0.1, 0.15) is 0 Å². The lowest BCUT2D eigenvalue weighted by Crippen LogP contribution is -2.11. The molecule has 0 aliphatic heterocycles. The summed E-state index contributed by atoms with van der Waals surface area (Å²) in [6, 6.07) is 72.2. The highest BCUT2D eigenvalue weighted by Crippen LogP contribution is 2.50. The van der Waals surface area contributed by atoms with Crippen LogP contribution in [0.2, 0.25) is 0 Å². The topological polar surface area (TPSA) is 16.1 Å². The molecule has 0 saturated carbocycles. The summed E-state index contributed by atoms with van der Waals surface area (Å²) in [5.74, 6) is 0.870. The molecule has 0 unspecified atom stereocenters. The predicted molar refractivity (Wildman–Crippen MR) is 225 cm³/mol. The number of benzene rings is 9. The SMILES string of the molecule is c1ccc(-c2cc(-c3ccccc3)c3c4ccccc4c4cc(N(c5ccc6ccccc6c5)c5ccccn5)ccc4c3c2-c2ccccc2)cc1. The minimum absolute atomic E-state index is 0.870. The fourth-order valence-electron chi connectivity index (χ4n) is 8.09. The third-order valence-corrected chi connectivity index (χ3v) is 10.4. The molecule has 2 nitrogen and oxygen atoms in total. The van der Waals surface area contributed by atoms with Gasteiger partial charge in [0, 0.05) is 17.6 Å². The first-order valence-corrected chi connectivity index (χ1v) is 18.1. The Hall–Kier alpha value is -7.03. The molecule has 0 aliphatic carbocycles. The predicted octanol–water partition coefficient (Wildman–Crippen LogP) is 14.2. The number of fused-ring (bicyclic) bond motifs is 7. The van der Waals surface area contributed by atoms with Crippen LogP contribution in [0, 0.1) is 0 Å². The van der Waals surface area contributed by atoms with Gasteiger partial charge in [-0.1, -0.05) is 158 Å². The Kier molecular flexibility index (Phi) is 7.51. The van der Waals surface area contributed by atoms with Gasteiger partial charge < -0.3 is 0 Å². The van der Waals surface area contributed by atoms with E-state index in [2.05, 4.69) is 199 Å². The highest BCUT2D eigenvalue weighted by atomic mass is 15.2. The molecule has 0 bridgehead atoms. The first-order valence-electron chi connectivity index (χ1n) is 18.1. The molecule has 0 saturated heterocycles. The zero-order valence-corrected chi connectivity index (χ0v) is 29.0. The van der Waals surface area contributed by atoms with Crippen LogP contribution >= 0.6 is 0 Å². The van der Waals surface area contributed by atoms with E-state index in [1.807, 2.05) is 12.3 Å². The molecule has 53 heavy (non-hydrogen) atoms. The molecular formula is C51H34N2. The number of nitrogens with zero attached hydrogens (tertiary/aromatic N) is 2. The second-order valence-corrected chi connectivity index (χ2v) is 13.5. The highest BCUT2D eigenvalue weighted by Gasteiger charge is 2.23. The zero-order chi connectivity index (χ0) is 35.1. The van der Waals surface area contributed by atoms with E-state index in [0.29, 0.717) is 0 Å². The van der Waals surface area contributed by atoms with E-state index in [0.717, 1.165) is 17.2 Å². The molecule has 1 aromatic heterocycles. The molecule has 9 aromatic carbocycles. The largest absolute Gasteiger partial charge is 0.295 e. The van der Waals surface area contributed by atoms with Crippen LogP contribution in [-0.4, -0.2) is 4.98 Å². The van der Waals surface area contributed by atoms with Crippen LogP contribution in [0.4, 0.5) is 17.2 Å². The van der Waals surface area contributed by atoms with Gasteiger partial charge in [0.15, 0.2) is 0 Å². The molecule has 0 aliphatic rings. The maximum atomic E-state index is 4.87. The standard InChI is InChI=1S/C51H34N2/c1-4-17-36(18-5-1)45-34-46(37-19-6-2-7-20-37)50-43-25-13-12-24-42(43)47-33-41(29-30-44(47)51(50)49(45)38-21-8-3-9-22-38)53(48-26-14-15-31-52-48)40-28-27-35-16-10-11-23-39(35)32-40/h1-34H. The average molecular weight is 675 g/mol. The zero-order valence-electron chi connectivity index (χ0n) is 29.0. The quantitative estimate of drug-likeness (QED) is 0.163. The van der Waals surface area contributed by atoms with Gasteiger partial charge in [-0.3, -0.25) is 4.90 Å². The first-order chi connectivity index (χ1) is 26.3. The monoisotopic (exact) mass is 674 g/mol. The van der Waals surface area contributed by atoms with Crippen LogP contribution in [0.25, 0.3) is 76.5 Å². The Balaban J connectivity index is 1.35. The van der Waals surface area contributed by atoms with Crippen molar-refractivity contribution in [2.45, 2.75) is 0 Å². The van der Waals surface area contributed by atoms with Gasteiger partial charge in [-0.2, -0.15) is 0 Å². The Bertz CT molecular complexity index is 2920. The Morgan fingerprint density at radius 1 is 0.340 bits per heavy atom. The van der Waals surface area contributed by atoms with Gasteiger partial charge in [0.05, 0.1) is 0 Å². The van der Waals surface area contributed by atoms with Crippen molar-refractivity contribution in [2.75, 3.05) is 4.90 Å². The van der Waals surface area contributed by atoms with Gasteiger partial charge in [-0.25, -0.2) is 4.98 Å². The van der Waals surface area contributed by atoms with Crippen LogP contribution in [0.5, 0.6) is 0 Å². The van der Waals surface area contributed by atoms with Crippen molar-refractivity contribution in [2.24, 2.45) is 0 Å². The molecule has 248 valence electrons. The van der Waals surface area contributed by atoms with E-state index in [1.54, 1.807) is 0 Å². The lowest BCUT2D eigenvalue weighted by Gasteiger charge is -2.26. The van der Waals surface area contributed by atoms with Crippen LogP contribution in [-0.2, 0) is 0 Å². The third kappa shape index (κ3) is 5.32. The maximum absolute atomic E-state index is 4.87.